The van der Waals surface area contributed by atoms with Crippen molar-refractivity contribution in [2.24, 2.45) is 0 Å². The number of aromatic nitrogens is 5. The molecule has 32 heavy (non-hydrogen) atoms. The Hall–Kier alpha value is -3.91. The van der Waals surface area contributed by atoms with Crippen LogP contribution in [-0.2, 0) is 6.54 Å². The molecule has 0 saturated heterocycles. The highest BCUT2D eigenvalue weighted by atomic mass is 32.1. The second kappa shape index (κ2) is 8.32. The number of carbonyl (C=O) groups excluding carboxylic acids is 1. The summed E-state index contributed by atoms with van der Waals surface area (Å²) in [6.07, 6.45) is 3.44. The highest BCUT2D eigenvalue weighted by Gasteiger charge is 2.19. The Morgan fingerprint density at radius 2 is 1.88 bits per heavy atom. The van der Waals surface area contributed by atoms with Gasteiger partial charge in [0.2, 0.25) is 0 Å². The van der Waals surface area contributed by atoms with Gasteiger partial charge < -0.3 is 0 Å². The Kier molecular flexibility index (Phi) is 5.20. The first-order chi connectivity index (χ1) is 15.6. The predicted molar refractivity (Wildman–Crippen MR) is 127 cm³/mol. The van der Waals surface area contributed by atoms with Crippen molar-refractivity contribution in [1.82, 2.24) is 24.7 Å². The van der Waals surface area contributed by atoms with E-state index >= 15 is 0 Å². The standard InChI is InChI=1S/C24H20N6OS/c1-3-30-22-18(14-26-30)17(13-20(28-22)16-9-5-4-6-10-16)23(31)29-24-27-15(2)21(32-24)19-11-7-8-12-25-19/h4-14H,3H2,1-2H3,(H,27,29,31). The molecule has 0 saturated carbocycles. The van der Waals surface area contributed by atoms with Gasteiger partial charge in [0.25, 0.3) is 5.91 Å². The lowest BCUT2D eigenvalue weighted by Gasteiger charge is -2.08. The summed E-state index contributed by atoms with van der Waals surface area (Å²) >= 11 is 1.41. The molecule has 8 heteroatoms. The number of benzene rings is 1. The van der Waals surface area contributed by atoms with Gasteiger partial charge in [0, 0.05) is 18.3 Å². The van der Waals surface area contributed by atoms with E-state index in [9.17, 15) is 4.79 Å². The van der Waals surface area contributed by atoms with Crippen LogP contribution in [0.4, 0.5) is 5.13 Å². The fraction of sp³-hybridized carbons (Fsp3) is 0.125. The van der Waals surface area contributed by atoms with Crippen LogP contribution >= 0.6 is 11.3 Å². The van der Waals surface area contributed by atoms with Crippen molar-refractivity contribution in [1.29, 1.82) is 0 Å². The SMILES string of the molecule is CCn1ncc2c(C(=O)Nc3nc(C)c(-c4ccccn4)s3)cc(-c3ccccc3)nc21. The molecule has 0 bridgehead atoms. The topological polar surface area (TPSA) is 85.6 Å². The molecule has 158 valence electrons. The van der Waals surface area contributed by atoms with E-state index in [0.29, 0.717) is 28.3 Å². The highest BCUT2D eigenvalue weighted by Crippen LogP contribution is 2.32. The zero-order valence-electron chi connectivity index (χ0n) is 17.6. The van der Waals surface area contributed by atoms with E-state index in [1.807, 2.05) is 68.4 Å². The lowest BCUT2D eigenvalue weighted by molar-refractivity contribution is 0.102. The minimum absolute atomic E-state index is 0.244. The quantitative estimate of drug-likeness (QED) is 0.406. The van der Waals surface area contributed by atoms with Gasteiger partial charge in [-0.05, 0) is 32.0 Å². The maximum atomic E-state index is 13.3. The molecule has 5 rings (SSSR count). The van der Waals surface area contributed by atoms with E-state index in [1.165, 1.54) is 11.3 Å². The molecule has 1 N–H and O–H groups in total. The lowest BCUT2D eigenvalue weighted by Crippen LogP contribution is -2.13. The summed E-state index contributed by atoms with van der Waals surface area (Å²) in [6, 6.07) is 17.4. The number of nitrogens with zero attached hydrogens (tertiary/aromatic N) is 5. The minimum atomic E-state index is -0.244. The number of aryl methyl sites for hydroxylation is 2. The molecule has 0 spiro atoms. The molecule has 0 aliphatic carbocycles. The summed E-state index contributed by atoms with van der Waals surface area (Å²) in [5, 5.41) is 8.61. The smallest absolute Gasteiger partial charge is 0.258 e. The number of rotatable bonds is 5. The van der Waals surface area contributed by atoms with Gasteiger partial charge in [0.05, 0.1) is 39.1 Å². The Morgan fingerprint density at radius 3 is 2.62 bits per heavy atom. The molecule has 1 amide bonds. The number of anilines is 1. The fourth-order valence-electron chi connectivity index (χ4n) is 3.57. The van der Waals surface area contributed by atoms with Gasteiger partial charge in [-0.25, -0.2) is 14.6 Å². The fourth-order valence-corrected chi connectivity index (χ4v) is 4.51. The van der Waals surface area contributed by atoms with Gasteiger partial charge in [-0.3, -0.25) is 15.1 Å². The van der Waals surface area contributed by atoms with Crippen molar-refractivity contribution in [2.75, 3.05) is 5.32 Å². The Morgan fingerprint density at radius 1 is 1.06 bits per heavy atom. The largest absolute Gasteiger partial charge is 0.298 e. The molecule has 4 aromatic heterocycles. The summed E-state index contributed by atoms with van der Waals surface area (Å²) in [4.78, 5) is 28.0. The van der Waals surface area contributed by atoms with E-state index in [2.05, 4.69) is 20.4 Å². The summed E-state index contributed by atoms with van der Waals surface area (Å²) in [5.74, 6) is -0.244. The third-order valence-corrected chi connectivity index (χ3v) is 6.23. The molecule has 0 atom stereocenters. The van der Waals surface area contributed by atoms with Crippen LogP contribution in [0.25, 0.3) is 32.9 Å². The Balaban J connectivity index is 1.54. The van der Waals surface area contributed by atoms with Crippen LogP contribution in [0.5, 0.6) is 0 Å². The van der Waals surface area contributed by atoms with Crippen LogP contribution in [0.15, 0.2) is 67.0 Å². The zero-order chi connectivity index (χ0) is 22.1. The first-order valence-corrected chi connectivity index (χ1v) is 11.1. The van der Waals surface area contributed by atoms with E-state index in [1.54, 1.807) is 17.1 Å². The molecule has 4 heterocycles. The van der Waals surface area contributed by atoms with Crippen LogP contribution in [0.1, 0.15) is 23.0 Å². The predicted octanol–water partition coefficient (Wildman–Crippen LogP) is 5.20. The van der Waals surface area contributed by atoms with Crippen LogP contribution in [0.3, 0.4) is 0 Å². The number of thiazole rings is 1. The molecule has 7 nitrogen and oxygen atoms in total. The van der Waals surface area contributed by atoms with Gasteiger partial charge in [-0.15, -0.1) is 0 Å². The number of hydrogen-bond donors (Lipinski definition) is 1. The molecular formula is C24H20N6OS. The Bertz CT molecular complexity index is 1410. The van der Waals surface area contributed by atoms with Crippen molar-refractivity contribution in [2.45, 2.75) is 20.4 Å². The van der Waals surface area contributed by atoms with Crippen LogP contribution in [-0.4, -0.2) is 30.6 Å². The normalized spacial score (nSPS) is 11.1. The molecule has 0 aliphatic rings. The van der Waals surface area contributed by atoms with Crippen LogP contribution in [0, 0.1) is 6.92 Å². The van der Waals surface area contributed by atoms with Gasteiger partial charge in [-0.1, -0.05) is 47.7 Å². The average Bonchev–Trinajstić information content (AvgIpc) is 3.42. The highest BCUT2D eigenvalue weighted by molar-refractivity contribution is 7.19. The molecule has 0 radical (unpaired) electrons. The summed E-state index contributed by atoms with van der Waals surface area (Å²) < 4.78 is 1.80. The lowest BCUT2D eigenvalue weighted by atomic mass is 10.1. The maximum Gasteiger partial charge on any atom is 0.258 e. The van der Waals surface area contributed by atoms with Crippen molar-refractivity contribution < 1.29 is 4.79 Å². The second-order valence-corrected chi connectivity index (χ2v) is 8.22. The van der Waals surface area contributed by atoms with E-state index in [4.69, 9.17) is 4.98 Å². The van der Waals surface area contributed by atoms with E-state index in [-0.39, 0.29) is 5.91 Å². The number of nitrogens with one attached hydrogen (secondary N) is 1. The zero-order valence-corrected chi connectivity index (χ0v) is 18.4. The van der Waals surface area contributed by atoms with Gasteiger partial charge in [0.15, 0.2) is 10.8 Å². The third kappa shape index (κ3) is 3.65. The maximum absolute atomic E-state index is 13.3. The van der Waals surface area contributed by atoms with Gasteiger partial charge >= 0.3 is 0 Å². The first-order valence-electron chi connectivity index (χ1n) is 10.3. The number of fused-ring (bicyclic) bond motifs is 1. The first kappa shape index (κ1) is 20.0. The van der Waals surface area contributed by atoms with Crippen molar-refractivity contribution in [3.8, 4) is 21.8 Å². The summed E-state index contributed by atoms with van der Waals surface area (Å²) in [6.45, 7) is 4.58. The molecule has 0 aliphatic heterocycles. The average molecular weight is 441 g/mol. The van der Waals surface area contributed by atoms with E-state index < -0.39 is 0 Å². The Labute approximate surface area is 188 Å². The number of carbonyl (C=O) groups is 1. The number of pyridine rings is 2. The van der Waals surface area contributed by atoms with E-state index in [0.717, 1.165) is 27.5 Å². The summed E-state index contributed by atoms with van der Waals surface area (Å²) in [7, 11) is 0. The monoisotopic (exact) mass is 440 g/mol. The molecule has 1 aromatic carbocycles. The third-order valence-electron chi connectivity index (χ3n) is 5.14. The van der Waals surface area contributed by atoms with Crippen molar-refractivity contribution >= 4 is 33.4 Å². The number of hydrogen-bond acceptors (Lipinski definition) is 6. The second-order valence-electron chi connectivity index (χ2n) is 7.22. The van der Waals surface area contributed by atoms with Crippen molar-refractivity contribution in [3.63, 3.8) is 0 Å². The van der Waals surface area contributed by atoms with Crippen molar-refractivity contribution in [3.05, 3.63) is 78.2 Å². The number of amides is 1. The molecule has 0 fully saturated rings. The van der Waals surface area contributed by atoms with Crippen LogP contribution in [0.2, 0.25) is 0 Å². The van der Waals surface area contributed by atoms with Gasteiger partial charge in [-0.2, -0.15) is 5.10 Å². The van der Waals surface area contributed by atoms with Crippen LogP contribution < -0.4 is 5.32 Å². The molecule has 5 aromatic rings. The molecule has 0 unspecified atom stereocenters. The minimum Gasteiger partial charge on any atom is -0.298 e. The van der Waals surface area contributed by atoms with Gasteiger partial charge in [0.1, 0.15) is 0 Å². The summed E-state index contributed by atoms with van der Waals surface area (Å²) in [5.41, 5.74) is 4.53. The molecular weight excluding hydrogens is 420 g/mol.